The summed E-state index contributed by atoms with van der Waals surface area (Å²) in [6.07, 6.45) is 0.485. The fourth-order valence-electron chi connectivity index (χ4n) is 2.58. The van der Waals surface area contributed by atoms with E-state index in [9.17, 15) is 13.5 Å². The smallest absolute Gasteiger partial charge is 0.273 e. The summed E-state index contributed by atoms with van der Waals surface area (Å²) in [5.41, 5.74) is 1.07. The number of nitrogens with zero attached hydrogens (tertiary/aromatic N) is 1. The molecule has 4 nitrogen and oxygen atoms in total. The molecule has 3 rings (SSSR count). The number of rotatable bonds is 3. The van der Waals surface area contributed by atoms with Gasteiger partial charge in [0.15, 0.2) is 0 Å². The Morgan fingerprint density at radius 2 is 2.14 bits per heavy atom. The van der Waals surface area contributed by atoms with Crippen molar-refractivity contribution in [2.75, 3.05) is 10.8 Å². The Balaban J connectivity index is 2.07. The number of anilines is 1. The molecule has 1 N–H and O–H groups in total. The average Bonchev–Trinajstić information content (AvgIpc) is 2.97. The van der Waals surface area contributed by atoms with E-state index in [1.807, 2.05) is 13.0 Å². The van der Waals surface area contributed by atoms with Gasteiger partial charge in [-0.2, -0.15) is 0 Å². The standard InChI is InChI=1S/C15H16ClNO3S2/c1-2-11-4-6-15(21-11)22(19,20)17-8-7-14(18)12-9-10(16)3-5-13(12)17/h3-6,9,14,18H,2,7-8H2,1H3. The summed E-state index contributed by atoms with van der Waals surface area (Å²) in [6, 6.07) is 8.44. The van der Waals surface area contributed by atoms with Crippen molar-refractivity contribution in [2.45, 2.75) is 30.1 Å². The number of halogens is 1. The number of benzene rings is 1. The van der Waals surface area contributed by atoms with Gasteiger partial charge in [-0.15, -0.1) is 11.3 Å². The Morgan fingerprint density at radius 1 is 1.36 bits per heavy atom. The summed E-state index contributed by atoms with van der Waals surface area (Å²) in [5.74, 6) is 0. The van der Waals surface area contributed by atoms with Gasteiger partial charge in [0.05, 0.1) is 11.8 Å². The van der Waals surface area contributed by atoms with Gasteiger partial charge in [0.1, 0.15) is 4.21 Å². The number of hydrogen-bond acceptors (Lipinski definition) is 4. The van der Waals surface area contributed by atoms with Gasteiger partial charge in [-0.1, -0.05) is 18.5 Å². The lowest BCUT2D eigenvalue weighted by atomic mass is 10.0. The van der Waals surface area contributed by atoms with Gasteiger partial charge in [-0.25, -0.2) is 8.42 Å². The highest BCUT2D eigenvalue weighted by Crippen LogP contribution is 2.39. The topological polar surface area (TPSA) is 57.6 Å². The van der Waals surface area contributed by atoms with Crippen LogP contribution in [0.5, 0.6) is 0 Å². The third-order valence-electron chi connectivity index (χ3n) is 3.75. The van der Waals surface area contributed by atoms with Gasteiger partial charge in [-0.3, -0.25) is 4.31 Å². The molecule has 0 radical (unpaired) electrons. The van der Waals surface area contributed by atoms with Crippen molar-refractivity contribution in [1.82, 2.24) is 0 Å². The fraction of sp³-hybridized carbons (Fsp3) is 0.333. The largest absolute Gasteiger partial charge is 0.388 e. The quantitative estimate of drug-likeness (QED) is 0.913. The molecular formula is C15H16ClNO3S2. The molecule has 1 aromatic carbocycles. The van der Waals surface area contributed by atoms with Crippen LogP contribution in [0.25, 0.3) is 0 Å². The van der Waals surface area contributed by atoms with Gasteiger partial charge in [0.2, 0.25) is 0 Å². The van der Waals surface area contributed by atoms with Crippen molar-refractivity contribution < 1.29 is 13.5 Å². The van der Waals surface area contributed by atoms with E-state index in [1.165, 1.54) is 15.6 Å². The first-order valence-electron chi connectivity index (χ1n) is 7.02. The zero-order chi connectivity index (χ0) is 15.9. The molecule has 0 aliphatic carbocycles. The van der Waals surface area contributed by atoms with Crippen LogP contribution in [0.1, 0.15) is 29.9 Å². The zero-order valence-electron chi connectivity index (χ0n) is 12.0. The van der Waals surface area contributed by atoms with Crippen LogP contribution < -0.4 is 4.31 Å². The predicted octanol–water partition coefficient (Wildman–Crippen LogP) is 3.60. The number of hydrogen-bond donors (Lipinski definition) is 1. The van der Waals surface area contributed by atoms with Crippen molar-refractivity contribution in [1.29, 1.82) is 0 Å². The number of aryl methyl sites for hydroxylation is 1. The van der Waals surface area contributed by atoms with E-state index in [2.05, 4.69) is 0 Å². The number of sulfonamides is 1. The predicted molar refractivity (Wildman–Crippen MR) is 89.3 cm³/mol. The van der Waals surface area contributed by atoms with Gasteiger partial charge in [-0.05, 0) is 43.2 Å². The highest BCUT2D eigenvalue weighted by Gasteiger charge is 2.33. The van der Waals surface area contributed by atoms with Gasteiger partial charge in [0.25, 0.3) is 10.0 Å². The minimum atomic E-state index is -3.60. The number of thiophene rings is 1. The molecule has 2 aromatic rings. The average molecular weight is 358 g/mol. The Kier molecular flexibility index (Phi) is 4.20. The monoisotopic (exact) mass is 357 g/mol. The molecular weight excluding hydrogens is 342 g/mol. The Hall–Kier alpha value is -1.08. The van der Waals surface area contributed by atoms with Crippen LogP contribution in [-0.2, 0) is 16.4 Å². The Morgan fingerprint density at radius 3 is 2.82 bits per heavy atom. The second kappa shape index (κ2) is 5.85. The zero-order valence-corrected chi connectivity index (χ0v) is 14.4. The van der Waals surface area contributed by atoms with Crippen LogP contribution in [0.2, 0.25) is 5.02 Å². The highest BCUT2D eigenvalue weighted by molar-refractivity contribution is 7.94. The number of fused-ring (bicyclic) bond motifs is 1. The van der Waals surface area contributed by atoms with E-state index >= 15 is 0 Å². The normalized spacial score (nSPS) is 18.3. The summed E-state index contributed by atoms with van der Waals surface area (Å²) in [4.78, 5) is 1.03. The molecule has 0 spiro atoms. The minimum absolute atomic E-state index is 0.261. The summed E-state index contributed by atoms with van der Waals surface area (Å²) >= 11 is 7.26. The maximum absolute atomic E-state index is 12.9. The summed E-state index contributed by atoms with van der Waals surface area (Å²) in [5, 5.41) is 10.6. The molecule has 1 aliphatic rings. The van der Waals surface area contributed by atoms with E-state index in [0.717, 1.165) is 11.3 Å². The minimum Gasteiger partial charge on any atom is -0.388 e. The van der Waals surface area contributed by atoms with E-state index in [-0.39, 0.29) is 6.54 Å². The van der Waals surface area contributed by atoms with Crippen LogP contribution >= 0.6 is 22.9 Å². The molecule has 118 valence electrons. The van der Waals surface area contributed by atoms with Crippen LogP contribution in [0.3, 0.4) is 0 Å². The summed E-state index contributed by atoms with van der Waals surface area (Å²) < 4.78 is 27.5. The van der Waals surface area contributed by atoms with Crippen LogP contribution in [0, 0.1) is 0 Å². The first-order valence-corrected chi connectivity index (χ1v) is 9.66. The maximum atomic E-state index is 12.9. The molecule has 0 fully saturated rings. The van der Waals surface area contributed by atoms with Gasteiger partial charge < -0.3 is 5.11 Å². The lowest BCUT2D eigenvalue weighted by Gasteiger charge is -2.32. The second-order valence-corrected chi connectivity index (χ2v) is 8.85. The van der Waals surface area contributed by atoms with Crippen LogP contribution in [0.4, 0.5) is 5.69 Å². The fourth-order valence-corrected chi connectivity index (χ4v) is 5.68. The second-order valence-electron chi connectivity index (χ2n) is 5.16. The third-order valence-corrected chi connectivity index (χ3v) is 7.50. The molecule has 0 amide bonds. The first-order chi connectivity index (χ1) is 10.4. The van der Waals surface area contributed by atoms with Crippen molar-refractivity contribution in [3.05, 3.63) is 45.8 Å². The van der Waals surface area contributed by atoms with Crippen molar-refractivity contribution in [3.63, 3.8) is 0 Å². The lowest BCUT2D eigenvalue weighted by Crippen LogP contribution is -2.36. The Bertz CT molecular complexity index is 801. The molecule has 22 heavy (non-hydrogen) atoms. The molecule has 0 saturated carbocycles. The van der Waals surface area contributed by atoms with Gasteiger partial charge >= 0.3 is 0 Å². The first kappa shape index (κ1) is 15.8. The Labute approximate surface area is 139 Å². The molecule has 2 heterocycles. The summed E-state index contributed by atoms with van der Waals surface area (Å²) in [6.45, 7) is 2.26. The molecule has 1 aromatic heterocycles. The molecule has 7 heteroatoms. The van der Waals surface area contributed by atoms with E-state index in [4.69, 9.17) is 11.6 Å². The number of aliphatic hydroxyl groups excluding tert-OH is 1. The molecule has 0 saturated heterocycles. The molecule has 1 atom stereocenters. The van der Waals surface area contributed by atoms with Crippen molar-refractivity contribution in [3.8, 4) is 0 Å². The molecule has 1 unspecified atom stereocenters. The SMILES string of the molecule is CCc1ccc(S(=O)(=O)N2CCC(O)c3cc(Cl)ccc32)s1. The molecule has 0 bridgehead atoms. The lowest BCUT2D eigenvalue weighted by molar-refractivity contribution is 0.166. The third kappa shape index (κ3) is 2.65. The highest BCUT2D eigenvalue weighted by atomic mass is 35.5. The van der Waals surface area contributed by atoms with Gasteiger partial charge in [0, 0.05) is 22.0 Å². The van der Waals surface area contributed by atoms with E-state index < -0.39 is 16.1 Å². The van der Waals surface area contributed by atoms with Crippen LogP contribution in [-0.4, -0.2) is 20.1 Å². The number of aliphatic hydroxyl groups is 1. The van der Waals surface area contributed by atoms with Crippen molar-refractivity contribution in [2.24, 2.45) is 0 Å². The molecule has 1 aliphatic heterocycles. The van der Waals surface area contributed by atoms with E-state index in [0.29, 0.717) is 26.9 Å². The van der Waals surface area contributed by atoms with E-state index in [1.54, 1.807) is 24.3 Å². The van der Waals surface area contributed by atoms with Crippen molar-refractivity contribution >= 4 is 38.6 Å². The van der Waals surface area contributed by atoms with Crippen LogP contribution in [0.15, 0.2) is 34.5 Å². The summed E-state index contributed by atoms with van der Waals surface area (Å²) in [7, 11) is -3.60. The maximum Gasteiger partial charge on any atom is 0.273 e.